The van der Waals surface area contributed by atoms with E-state index in [2.05, 4.69) is 35.2 Å². The lowest BCUT2D eigenvalue weighted by molar-refractivity contribution is 0.0624. The van der Waals surface area contributed by atoms with Crippen molar-refractivity contribution in [3.63, 3.8) is 0 Å². The van der Waals surface area contributed by atoms with Crippen molar-refractivity contribution >= 4 is 16.7 Å². The van der Waals surface area contributed by atoms with Gasteiger partial charge in [0, 0.05) is 38.8 Å². The Morgan fingerprint density at radius 1 is 0.889 bits per heavy atom. The van der Waals surface area contributed by atoms with Crippen molar-refractivity contribution in [1.29, 1.82) is 0 Å². The maximum atomic E-state index is 13.9. The van der Waals surface area contributed by atoms with Crippen LogP contribution in [0.4, 0.5) is 8.78 Å². The summed E-state index contributed by atoms with van der Waals surface area (Å²) in [7, 11) is 0. The fourth-order valence-electron chi connectivity index (χ4n) is 3.61. The Bertz CT molecular complexity index is 976. The largest absolute Gasteiger partial charge is 0.336 e. The minimum absolute atomic E-state index is 0.0705. The molecule has 1 aliphatic heterocycles. The number of benzene rings is 3. The molecule has 0 atom stereocenters. The number of halogens is 2. The highest BCUT2D eigenvalue weighted by molar-refractivity contribution is 5.94. The van der Waals surface area contributed by atoms with Crippen molar-refractivity contribution < 1.29 is 13.6 Å². The second kappa shape index (κ2) is 7.45. The van der Waals surface area contributed by atoms with Crippen LogP contribution in [-0.4, -0.2) is 41.9 Å². The van der Waals surface area contributed by atoms with Crippen molar-refractivity contribution in [3.8, 4) is 0 Å². The van der Waals surface area contributed by atoms with E-state index in [0.29, 0.717) is 13.1 Å². The van der Waals surface area contributed by atoms with E-state index in [-0.39, 0.29) is 11.5 Å². The highest BCUT2D eigenvalue weighted by Gasteiger charge is 2.24. The maximum Gasteiger partial charge on any atom is 0.256 e. The van der Waals surface area contributed by atoms with Crippen LogP contribution in [-0.2, 0) is 6.54 Å². The molecule has 0 saturated carbocycles. The molecule has 0 aliphatic carbocycles. The number of nitrogens with zero attached hydrogens (tertiary/aromatic N) is 2. The predicted octanol–water partition coefficient (Wildman–Crippen LogP) is 4.08. The van der Waals surface area contributed by atoms with Crippen molar-refractivity contribution in [2.24, 2.45) is 0 Å². The van der Waals surface area contributed by atoms with Gasteiger partial charge < -0.3 is 4.90 Å². The van der Waals surface area contributed by atoms with E-state index in [1.807, 2.05) is 12.1 Å². The zero-order valence-electron chi connectivity index (χ0n) is 14.9. The highest BCUT2D eigenvalue weighted by atomic mass is 19.1. The Hall–Kier alpha value is -2.79. The van der Waals surface area contributed by atoms with Gasteiger partial charge in [-0.05, 0) is 28.5 Å². The van der Waals surface area contributed by atoms with Crippen LogP contribution < -0.4 is 0 Å². The van der Waals surface area contributed by atoms with Gasteiger partial charge in [0.05, 0.1) is 5.56 Å². The lowest BCUT2D eigenvalue weighted by atomic mass is 10.0. The highest BCUT2D eigenvalue weighted by Crippen LogP contribution is 2.21. The van der Waals surface area contributed by atoms with Crippen LogP contribution in [0.5, 0.6) is 0 Å². The second-order valence-corrected chi connectivity index (χ2v) is 6.83. The lowest BCUT2D eigenvalue weighted by Gasteiger charge is -2.35. The molecular weight excluding hydrogens is 346 g/mol. The van der Waals surface area contributed by atoms with Gasteiger partial charge in [-0.25, -0.2) is 8.78 Å². The van der Waals surface area contributed by atoms with Crippen LogP contribution in [0.2, 0.25) is 0 Å². The molecule has 4 rings (SSSR count). The third-order valence-corrected chi connectivity index (χ3v) is 5.09. The summed E-state index contributed by atoms with van der Waals surface area (Å²) in [5.74, 6) is -1.86. The van der Waals surface area contributed by atoms with Crippen LogP contribution in [0.1, 0.15) is 15.9 Å². The van der Waals surface area contributed by atoms with E-state index < -0.39 is 11.6 Å². The SMILES string of the molecule is O=C(c1ccc(F)cc1F)N1CCN(Cc2cccc3ccccc23)CC1. The number of carbonyl (C=O) groups is 1. The topological polar surface area (TPSA) is 23.6 Å². The number of piperazine rings is 1. The standard InChI is InChI=1S/C22H20F2N2O/c23-18-8-9-20(21(24)14-18)22(27)26-12-10-25(11-13-26)15-17-6-3-5-16-4-1-2-7-19(16)17/h1-9,14H,10-13,15H2. The number of amides is 1. The van der Waals surface area contributed by atoms with Gasteiger partial charge in [0.15, 0.2) is 0 Å². The quantitative estimate of drug-likeness (QED) is 0.697. The van der Waals surface area contributed by atoms with Gasteiger partial charge in [0.25, 0.3) is 5.91 Å². The molecule has 3 aromatic carbocycles. The molecule has 0 unspecified atom stereocenters. The first kappa shape index (κ1) is 17.6. The summed E-state index contributed by atoms with van der Waals surface area (Å²) in [6.45, 7) is 3.31. The van der Waals surface area contributed by atoms with E-state index in [1.165, 1.54) is 22.4 Å². The monoisotopic (exact) mass is 366 g/mol. The predicted molar refractivity (Wildman–Crippen MR) is 101 cm³/mol. The Morgan fingerprint density at radius 3 is 2.41 bits per heavy atom. The molecule has 27 heavy (non-hydrogen) atoms. The van der Waals surface area contributed by atoms with Crippen molar-refractivity contribution in [1.82, 2.24) is 9.80 Å². The number of fused-ring (bicyclic) bond motifs is 1. The van der Waals surface area contributed by atoms with Gasteiger partial charge in [0.1, 0.15) is 11.6 Å². The average molecular weight is 366 g/mol. The zero-order valence-corrected chi connectivity index (χ0v) is 14.9. The van der Waals surface area contributed by atoms with E-state index in [4.69, 9.17) is 0 Å². The normalized spacial score (nSPS) is 15.3. The van der Waals surface area contributed by atoms with Crippen LogP contribution in [0.25, 0.3) is 10.8 Å². The zero-order chi connectivity index (χ0) is 18.8. The molecule has 1 amide bonds. The summed E-state index contributed by atoms with van der Waals surface area (Å²) in [5.41, 5.74) is 1.19. The Morgan fingerprint density at radius 2 is 1.63 bits per heavy atom. The van der Waals surface area contributed by atoms with E-state index in [0.717, 1.165) is 31.8 Å². The molecule has 0 spiro atoms. The summed E-state index contributed by atoms with van der Waals surface area (Å²) < 4.78 is 26.9. The van der Waals surface area contributed by atoms with Gasteiger partial charge in [0.2, 0.25) is 0 Å². The first-order valence-electron chi connectivity index (χ1n) is 9.05. The Kier molecular flexibility index (Phi) is 4.86. The molecule has 0 radical (unpaired) electrons. The summed E-state index contributed by atoms with van der Waals surface area (Å²) >= 11 is 0. The molecule has 0 aromatic heterocycles. The molecule has 3 nitrogen and oxygen atoms in total. The van der Waals surface area contributed by atoms with E-state index in [9.17, 15) is 13.6 Å². The van der Waals surface area contributed by atoms with E-state index in [1.54, 1.807) is 4.90 Å². The van der Waals surface area contributed by atoms with Gasteiger partial charge in [-0.15, -0.1) is 0 Å². The number of hydrogen-bond acceptors (Lipinski definition) is 2. The third kappa shape index (κ3) is 3.69. The molecule has 138 valence electrons. The molecule has 1 fully saturated rings. The molecule has 1 heterocycles. The fraction of sp³-hybridized carbons (Fsp3) is 0.227. The number of rotatable bonds is 3. The summed E-state index contributed by atoms with van der Waals surface area (Å²) in [6, 6.07) is 17.7. The molecule has 0 N–H and O–H groups in total. The minimum atomic E-state index is -0.807. The Balaban J connectivity index is 1.42. The molecule has 0 bridgehead atoms. The summed E-state index contributed by atoms with van der Waals surface area (Å²) in [5, 5.41) is 2.46. The van der Waals surface area contributed by atoms with Crippen LogP contribution in [0.15, 0.2) is 60.7 Å². The van der Waals surface area contributed by atoms with Crippen LogP contribution in [0.3, 0.4) is 0 Å². The number of carbonyl (C=O) groups excluding carboxylic acids is 1. The fourth-order valence-corrected chi connectivity index (χ4v) is 3.61. The number of hydrogen-bond donors (Lipinski definition) is 0. The summed E-state index contributed by atoms with van der Waals surface area (Å²) in [4.78, 5) is 16.4. The van der Waals surface area contributed by atoms with Gasteiger partial charge in [-0.3, -0.25) is 9.69 Å². The average Bonchev–Trinajstić information content (AvgIpc) is 2.68. The van der Waals surface area contributed by atoms with E-state index >= 15 is 0 Å². The molecular formula is C22H20F2N2O. The van der Waals surface area contributed by atoms with Gasteiger partial charge in [-0.1, -0.05) is 42.5 Å². The van der Waals surface area contributed by atoms with Crippen molar-refractivity contribution in [3.05, 3.63) is 83.4 Å². The molecule has 1 aliphatic rings. The third-order valence-electron chi connectivity index (χ3n) is 5.09. The van der Waals surface area contributed by atoms with Crippen molar-refractivity contribution in [2.45, 2.75) is 6.54 Å². The molecule has 3 aromatic rings. The Labute approximate surface area is 156 Å². The van der Waals surface area contributed by atoms with Crippen LogP contribution >= 0.6 is 0 Å². The van der Waals surface area contributed by atoms with Gasteiger partial charge >= 0.3 is 0 Å². The lowest BCUT2D eigenvalue weighted by Crippen LogP contribution is -2.48. The van der Waals surface area contributed by atoms with Crippen molar-refractivity contribution in [2.75, 3.05) is 26.2 Å². The first-order chi connectivity index (χ1) is 13.1. The van der Waals surface area contributed by atoms with Gasteiger partial charge in [-0.2, -0.15) is 0 Å². The maximum absolute atomic E-state index is 13.9. The summed E-state index contributed by atoms with van der Waals surface area (Å²) in [6.07, 6.45) is 0. The molecule has 5 heteroatoms. The second-order valence-electron chi connectivity index (χ2n) is 6.83. The molecule has 1 saturated heterocycles. The van der Waals surface area contributed by atoms with Crippen LogP contribution in [0, 0.1) is 11.6 Å². The smallest absolute Gasteiger partial charge is 0.256 e. The first-order valence-corrected chi connectivity index (χ1v) is 9.05. The minimum Gasteiger partial charge on any atom is -0.336 e.